The van der Waals surface area contributed by atoms with Gasteiger partial charge in [-0.05, 0) is 161 Å². The Labute approximate surface area is 805 Å². The van der Waals surface area contributed by atoms with Gasteiger partial charge in [0.05, 0.1) is 159 Å². The van der Waals surface area contributed by atoms with Crippen molar-refractivity contribution < 1.29 is 46.6 Å². The average molecular weight is 1930 g/mol. The highest BCUT2D eigenvalue weighted by atomic mass is 35.5. The Morgan fingerprint density at radius 2 is 0.674 bits per heavy atom. The summed E-state index contributed by atoms with van der Waals surface area (Å²) < 4.78 is 57.0. The zero-order chi connectivity index (χ0) is 97.9. The van der Waals surface area contributed by atoms with Crippen LogP contribution < -0.4 is 55.3 Å². The van der Waals surface area contributed by atoms with E-state index >= 15 is 0 Å². The van der Waals surface area contributed by atoms with Gasteiger partial charge in [-0.3, -0.25) is 58.7 Å². The topological polar surface area (TPSA) is 543 Å². The number of nitrogens with zero attached hydrogens (tertiary/aromatic N) is 24. The van der Waals surface area contributed by atoms with E-state index < -0.39 is 41.1 Å². The molecule has 5 aliphatic heterocycles. The molecule has 15 aromatic heterocycles. The van der Waals surface area contributed by atoms with Crippen molar-refractivity contribution in [2.24, 2.45) is 0 Å². The number of halogens is 4. The lowest BCUT2D eigenvalue weighted by Gasteiger charge is -2.41. The van der Waals surface area contributed by atoms with Gasteiger partial charge in [-0.2, -0.15) is 5.26 Å². The van der Waals surface area contributed by atoms with Crippen LogP contribution in [0.15, 0.2) is 215 Å². The Morgan fingerprint density at radius 3 is 1.00 bits per heavy atom. The molecule has 17 aromatic rings. The second-order valence-electron chi connectivity index (χ2n) is 33.8. The first kappa shape index (κ1) is 94.4. The molecule has 141 heavy (non-hydrogen) atoms. The van der Waals surface area contributed by atoms with E-state index in [-0.39, 0.29) is 86.2 Å². The highest BCUT2D eigenvalue weighted by molar-refractivity contribution is 6.30. The monoisotopic (exact) mass is 1920 g/mol. The molecule has 0 spiro atoms. The number of amides is 5. The lowest BCUT2D eigenvalue weighted by atomic mass is 9.88. The number of hydrogen-bond donors (Lipinski definition) is 10. The number of likely N-dealkylation sites (tertiary alicyclic amines) is 3. The van der Waals surface area contributed by atoms with Gasteiger partial charge < -0.3 is 69.6 Å². The number of pyridine rings is 5. The molecule has 22 rings (SSSR count). The highest BCUT2D eigenvalue weighted by Gasteiger charge is 2.35. The van der Waals surface area contributed by atoms with Gasteiger partial charge in [0, 0.05) is 66.3 Å². The van der Waals surface area contributed by atoms with Crippen molar-refractivity contribution in [3.63, 3.8) is 0 Å². The van der Waals surface area contributed by atoms with Gasteiger partial charge in [-0.25, -0.2) is 60.7 Å². The molecule has 15 N–H and O–H groups in total. The molecule has 0 atom stereocenters. The second-order valence-corrected chi connectivity index (χ2v) is 34.3. The van der Waals surface area contributed by atoms with E-state index in [1.54, 1.807) is 80.4 Å². The first-order chi connectivity index (χ1) is 68.5. The molecule has 5 amide bonds. The molecule has 2 aromatic carbocycles. The second kappa shape index (κ2) is 42.3. The van der Waals surface area contributed by atoms with Gasteiger partial charge in [0.25, 0.3) is 29.5 Å². The fourth-order valence-electron chi connectivity index (χ4n) is 17.6. The van der Waals surface area contributed by atoms with Crippen molar-refractivity contribution in [3.8, 4) is 28.3 Å². The number of nitrogen functional groups attached to an aromatic ring is 5. The van der Waals surface area contributed by atoms with E-state index in [2.05, 4.69) is 124 Å². The third-order valence-electron chi connectivity index (χ3n) is 24.8. The van der Waals surface area contributed by atoms with Crippen LogP contribution in [0.5, 0.6) is 0 Å². The summed E-state index contributed by atoms with van der Waals surface area (Å²) in [7, 11) is 2.11. The number of fused-ring (bicyclic) bond motifs is 5. The van der Waals surface area contributed by atoms with Gasteiger partial charge in [0.1, 0.15) is 27.8 Å². The zero-order valence-electron chi connectivity index (χ0n) is 75.6. The maximum absolute atomic E-state index is 13.4. The quantitative estimate of drug-likeness (QED) is 0.0381. The molecule has 5 saturated heterocycles. The number of aromatic nitrogens is 20. The van der Waals surface area contributed by atoms with Gasteiger partial charge in [0.15, 0.2) is 74.8 Å². The van der Waals surface area contributed by atoms with Crippen LogP contribution in [-0.4, -0.2) is 227 Å². The maximum Gasteiger partial charge on any atom is 0.263 e. The number of carbonyl (C=O) groups is 5. The molecule has 0 saturated carbocycles. The number of hydrogen-bond acceptors (Lipinski definition) is 31. The lowest BCUT2D eigenvalue weighted by Crippen LogP contribution is -2.51. The van der Waals surface area contributed by atoms with E-state index in [4.69, 9.17) is 55.0 Å². The fourth-order valence-corrected chi connectivity index (χ4v) is 17.7. The molecule has 0 aliphatic carbocycles. The first-order valence-electron chi connectivity index (χ1n) is 44.9. The summed E-state index contributed by atoms with van der Waals surface area (Å²) in [6.45, 7) is 9.40. The van der Waals surface area contributed by atoms with Crippen LogP contribution in [0.3, 0.4) is 0 Å². The summed E-state index contributed by atoms with van der Waals surface area (Å²) in [6, 6.07) is 31.9. The smallest absolute Gasteiger partial charge is 0.263 e. The number of ether oxygens (including phenoxy) is 2. The standard InChI is InChI=1S/C20H22ClN7O2.C20H22FN7O2.C20H15N7O.C18H20FN7O.C18H13FN6O/c2*21-13-7-24-19-17(18(22)26-28(19)9-13)20(29)25-16-8-23-4-1-15(16)12-2-5-27(6-3-12)14-10-30-11-14;21-8-6-13-10-24-19-17(18(22)26-27(19)12-13)20(28)25-16-11-23-9-7-15(16)14-4-2-1-3-5-14;1-25-6-3-11(4-7-25)13-2-5-21-9-14(13)23-18(27)15-16(20)24-26-10-12(19)8-22-17(15)26;19-12-8-22-17-15(16(20)24-25(17)10-12)18(26)23-14-9-21-7-6-13(14)11-4-2-1-3-5-11/h2*1,4,7-9,12,14H,2-3,5-6,10-11H2,(H2,22,26)(H,25,29);1-5,7,9-12H,6H2,(H2,22,26)(H,25,28);2,5,8-11H,3-4,6-7H2,1H3,(H2,20,24)(H,23,27);1-10H,(H2,20,24)(H,23,26). The molecular weight excluding hydrogens is 1830 g/mol. The number of benzene rings is 2. The number of piperidine rings is 3. The molecule has 45 heteroatoms. The third-order valence-corrected chi connectivity index (χ3v) is 25.0. The average Bonchev–Trinajstić information content (AvgIpc) is 1.65. The van der Waals surface area contributed by atoms with Gasteiger partial charge in [0.2, 0.25) is 0 Å². The van der Waals surface area contributed by atoms with Gasteiger partial charge >= 0.3 is 0 Å². The minimum atomic E-state index is -0.578. The number of nitriles is 1. The summed E-state index contributed by atoms with van der Waals surface area (Å²) in [5.41, 5.74) is 42.0. The van der Waals surface area contributed by atoms with Crippen LogP contribution in [-0.2, 0) is 15.9 Å². The van der Waals surface area contributed by atoms with Crippen molar-refractivity contribution in [1.29, 1.82) is 5.26 Å². The summed E-state index contributed by atoms with van der Waals surface area (Å²) in [5, 5.41) is 43.8. The molecule has 5 fully saturated rings. The van der Waals surface area contributed by atoms with E-state index in [0.29, 0.717) is 80.2 Å². The summed E-state index contributed by atoms with van der Waals surface area (Å²) in [4.78, 5) is 113. The molecular formula is C96H92ClF3N34O7. The molecule has 0 unspecified atom stereocenters. The summed E-state index contributed by atoms with van der Waals surface area (Å²) >= 11 is 5.96. The Morgan fingerprint density at radius 1 is 0.383 bits per heavy atom. The highest BCUT2D eigenvalue weighted by Crippen LogP contribution is 2.40. The van der Waals surface area contributed by atoms with E-state index in [1.807, 2.05) is 91.0 Å². The largest absolute Gasteiger partial charge is 0.381 e. The predicted molar refractivity (Wildman–Crippen MR) is 519 cm³/mol. The Kier molecular flexibility index (Phi) is 28.3. The number of anilines is 10. The molecule has 5 aliphatic rings. The van der Waals surface area contributed by atoms with E-state index in [0.717, 1.165) is 185 Å². The summed E-state index contributed by atoms with van der Waals surface area (Å²) in [5.74, 6) is -2.73. The van der Waals surface area contributed by atoms with Crippen LogP contribution in [0.25, 0.3) is 50.5 Å². The fraction of sp³-hybridized carbons (Fsp3) is 0.240. The van der Waals surface area contributed by atoms with Crippen molar-refractivity contribution in [2.75, 3.05) is 128 Å². The minimum Gasteiger partial charge on any atom is -0.381 e. The third kappa shape index (κ3) is 21.1. The Hall–Kier alpha value is -17.0. The molecule has 0 bridgehead atoms. The van der Waals surface area contributed by atoms with Crippen LogP contribution in [0.1, 0.15) is 130 Å². The SMILES string of the molecule is CN1CCC(c2ccncc2NC(=O)c2c(N)nn3cc(F)cnc23)CC1.N#CCc1cnc2c(C(=O)Nc3cnccc3-c3ccccc3)c(N)nn2c1.Nc1nn2cc(Cl)cnc2c1C(=O)Nc1cnccc1C1CCN(C2COC2)CC1.Nc1nn2cc(F)cnc2c1C(=O)Nc1cnccc1-c1ccccc1.Nc1nn2cc(F)cnc2c1C(=O)Nc1cnccc1C1CCN(C2COC2)CC1. The lowest BCUT2D eigenvalue weighted by molar-refractivity contribution is -0.0712. The van der Waals surface area contributed by atoms with Crippen LogP contribution >= 0.6 is 11.6 Å². The number of rotatable bonds is 18. The van der Waals surface area contributed by atoms with Crippen molar-refractivity contribution in [3.05, 3.63) is 287 Å². The van der Waals surface area contributed by atoms with E-state index in [1.165, 1.54) is 30.5 Å². The minimum absolute atomic E-state index is 0.00432. The number of nitrogens with one attached hydrogen (secondary N) is 5. The van der Waals surface area contributed by atoms with Gasteiger partial charge in [-0.1, -0.05) is 72.3 Å². The number of nitrogens with two attached hydrogens (primary N) is 5. The molecule has 716 valence electrons. The Bertz CT molecular complexity index is 7370. The molecule has 41 nitrogen and oxygen atoms in total. The van der Waals surface area contributed by atoms with Gasteiger partial charge in [-0.15, -0.1) is 25.5 Å². The first-order valence-corrected chi connectivity index (χ1v) is 45.3. The van der Waals surface area contributed by atoms with Crippen molar-refractivity contribution in [2.45, 2.75) is 74.8 Å². The summed E-state index contributed by atoms with van der Waals surface area (Å²) in [6.07, 6.45) is 35.6. The Balaban J connectivity index is 0.000000117. The number of carbonyl (C=O) groups excluding carboxylic acids is 5. The van der Waals surface area contributed by atoms with E-state index in [9.17, 15) is 37.1 Å². The normalized spacial score (nSPS) is 15.0. The van der Waals surface area contributed by atoms with Crippen LogP contribution in [0.4, 0.5) is 70.7 Å². The van der Waals surface area contributed by atoms with Crippen molar-refractivity contribution >= 4 is 127 Å². The molecule has 0 radical (unpaired) electrons. The van der Waals surface area contributed by atoms with Crippen molar-refractivity contribution in [1.82, 2.24) is 113 Å². The van der Waals surface area contributed by atoms with Crippen LogP contribution in [0, 0.1) is 28.8 Å². The van der Waals surface area contributed by atoms with Crippen LogP contribution in [0.2, 0.25) is 5.02 Å². The predicted octanol–water partition coefficient (Wildman–Crippen LogP) is 11.2. The zero-order valence-corrected chi connectivity index (χ0v) is 76.4. The maximum atomic E-state index is 13.4. The molecule has 20 heterocycles.